The second-order valence-electron chi connectivity index (χ2n) is 3.86. The maximum Gasteiger partial charge on any atom is 0.142 e. The van der Waals surface area contributed by atoms with Crippen molar-refractivity contribution >= 4 is 11.6 Å². The van der Waals surface area contributed by atoms with E-state index in [0.717, 1.165) is 30.2 Å². The third kappa shape index (κ3) is 3.71. The summed E-state index contributed by atoms with van der Waals surface area (Å²) in [5.41, 5.74) is 1.81. The lowest BCUT2D eigenvalue weighted by Crippen LogP contribution is -2.09. The number of rotatable bonds is 5. The molecule has 84 valence electrons. The highest BCUT2D eigenvalue weighted by atomic mass is 35.5. The van der Waals surface area contributed by atoms with Crippen LogP contribution in [0.1, 0.15) is 31.7 Å². The van der Waals surface area contributed by atoms with Crippen LogP contribution in [0.5, 0.6) is 5.75 Å². The highest BCUT2D eigenvalue weighted by Crippen LogP contribution is 2.19. The Hall–Kier alpha value is -0.760. The average Bonchev–Trinajstić information content (AvgIpc) is 2.26. The number of pyridine rings is 1. The van der Waals surface area contributed by atoms with E-state index in [1.54, 1.807) is 0 Å². The van der Waals surface area contributed by atoms with E-state index in [9.17, 15) is 0 Å². The van der Waals surface area contributed by atoms with Crippen molar-refractivity contribution in [2.75, 3.05) is 6.61 Å². The summed E-state index contributed by atoms with van der Waals surface area (Å²) in [5, 5.41) is 0. The van der Waals surface area contributed by atoms with Crippen LogP contribution in [0.25, 0.3) is 0 Å². The molecule has 0 spiro atoms. The van der Waals surface area contributed by atoms with E-state index < -0.39 is 0 Å². The van der Waals surface area contributed by atoms with E-state index in [4.69, 9.17) is 16.3 Å². The number of nitrogens with zero attached hydrogens (tertiary/aromatic N) is 1. The summed E-state index contributed by atoms with van der Waals surface area (Å²) in [4.78, 5) is 4.34. The van der Waals surface area contributed by atoms with Crippen molar-refractivity contribution in [2.45, 2.75) is 33.1 Å². The van der Waals surface area contributed by atoms with Crippen LogP contribution in [0.3, 0.4) is 0 Å². The van der Waals surface area contributed by atoms with Gasteiger partial charge in [-0.25, -0.2) is 0 Å². The molecule has 1 atom stereocenters. The second kappa shape index (κ2) is 5.96. The fourth-order valence-electron chi connectivity index (χ4n) is 1.17. The fraction of sp³-hybridized carbons (Fsp3) is 0.583. The molecular formula is C12H18ClNO. The van der Waals surface area contributed by atoms with E-state index in [-0.39, 0.29) is 0 Å². The SMILES string of the molecule is CCC(C)COc1ccc(C)nc1CCl. The monoisotopic (exact) mass is 227 g/mol. The van der Waals surface area contributed by atoms with E-state index in [1.807, 2.05) is 19.1 Å². The van der Waals surface area contributed by atoms with Crippen LogP contribution in [-0.2, 0) is 5.88 Å². The molecule has 0 aliphatic rings. The molecule has 1 heterocycles. The van der Waals surface area contributed by atoms with Gasteiger partial charge in [0.15, 0.2) is 0 Å². The zero-order chi connectivity index (χ0) is 11.3. The van der Waals surface area contributed by atoms with Crippen molar-refractivity contribution in [1.82, 2.24) is 4.98 Å². The molecule has 0 fully saturated rings. The second-order valence-corrected chi connectivity index (χ2v) is 4.12. The highest BCUT2D eigenvalue weighted by Gasteiger charge is 2.06. The molecule has 0 radical (unpaired) electrons. The molecule has 1 unspecified atom stereocenters. The normalized spacial score (nSPS) is 12.5. The molecule has 0 saturated heterocycles. The van der Waals surface area contributed by atoms with Crippen LogP contribution in [0, 0.1) is 12.8 Å². The van der Waals surface area contributed by atoms with Gasteiger partial charge >= 0.3 is 0 Å². The first-order valence-electron chi connectivity index (χ1n) is 5.32. The standard InChI is InChI=1S/C12H18ClNO/c1-4-9(2)8-15-12-6-5-10(3)14-11(12)7-13/h5-6,9H,4,7-8H2,1-3H3. The van der Waals surface area contributed by atoms with Crippen molar-refractivity contribution in [2.24, 2.45) is 5.92 Å². The van der Waals surface area contributed by atoms with Gasteiger partial charge in [0.05, 0.1) is 18.2 Å². The summed E-state index contributed by atoms with van der Waals surface area (Å²) >= 11 is 5.81. The summed E-state index contributed by atoms with van der Waals surface area (Å²) in [6.45, 7) is 7.01. The lowest BCUT2D eigenvalue weighted by Gasteiger charge is -2.13. The predicted molar refractivity (Wildman–Crippen MR) is 63.5 cm³/mol. The van der Waals surface area contributed by atoms with Crippen LogP contribution < -0.4 is 4.74 Å². The zero-order valence-electron chi connectivity index (χ0n) is 9.59. The summed E-state index contributed by atoms with van der Waals surface area (Å²) in [6.07, 6.45) is 1.12. The van der Waals surface area contributed by atoms with Crippen LogP contribution in [0.15, 0.2) is 12.1 Å². The predicted octanol–water partition coefficient (Wildman–Crippen LogP) is 3.55. The number of aryl methyl sites for hydroxylation is 1. The number of alkyl halides is 1. The molecule has 3 heteroatoms. The molecule has 0 N–H and O–H groups in total. The Labute approximate surface area is 96.6 Å². The molecule has 0 amide bonds. The van der Waals surface area contributed by atoms with E-state index in [0.29, 0.717) is 11.8 Å². The van der Waals surface area contributed by atoms with Gasteiger partial charge < -0.3 is 4.74 Å². The van der Waals surface area contributed by atoms with Gasteiger partial charge in [-0.3, -0.25) is 4.98 Å². The summed E-state index contributed by atoms with van der Waals surface area (Å²) in [6, 6.07) is 3.89. The van der Waals surface area contributed by atoms with Gasteiger partial charge in [0, 0.05) is 5.69 Å². The molecule has 0 saturated carbocycles. The Balaban J connectivity index is 2.67. The quantitative estimate of drug-likeness (QED) is 0.718. The minimum Gasteiger partial charge on any atom is -0.491 e. The molecule has 1 aromatic heterocycles. The Morgan fingerprint density at radius 2 is 2.20 bits per heavy atom. The summed E-state index contributed by atoms with van der Waals surface area (Å²) in [7, 11) is 0. The van der Waals surface area contributed by atoms with Crippen molar-refractivity contribution in [1.29, 1.82) is 0 Å². The first-order chi connectivity index (χ1) is 7.17. The van der Waals surface area contributed by atoms with Crippen LogP contribution in [0.2, 0.25) is 0 Å². The minimum atomic E-state index is 0.400. The van der Waals surface area contributed by atoms with E-state index in [2.05, 4.69) is 18.8 Å². The van der Waals surface area contributed by atoms with Gasteiger partial charge in [-0.15, -0.1) is 11.6 Å². The third-order valence-corrected chi connectivity index (χ3v) is 2.67. The molecule has 0 aliphatic carbocycles. The first kappa shape index (κ1) is 12.3. The molecular weight excluding hydrogens is 210 g/mol. The number of ether oxygens (including phenoxy) is 1. The minimum absolute atomic E-state index is 0.400. The van der Waals surface area contributed by atoms with Gasteiger partial charge in [-0.2, -0.15) is 0 Å². The zero-order valence-corrected chi connectivity index (χ0v) is 10.3. The van der Waals surface area contributed by atoms with Crippen LogP contribution in [0.4, 0.5) is 0 Å². The molecule has 2 nitrogen and oxygen atoms in total. The Kier molecular flexibility index (Phi) is 4.89. The smallest absolute Gasteiger partial charge is 0.142 e. The van der Waals surface area contributed by atoms with Crippen molar-refractivity contribution < 1.29 is 4.74 Å². The van der Waals surface area contributed by atoms with Gasteiger partial charge in [0.25, 0.3) is 0 Å². The molecule has 1 aromatic rings. The van der Waals surface area contributed by atoms with Gasteiger partial charge in [0.2, 0.25) is 0 Å². The van der Waals surface area contributed by atoms with Gasteiger partial charge in [-0.1, -0.05) is 20.3 Å². The van der Waals surface area contributed by atoms with Crippen molar-refractivity contribution in [3.8, 4) is 5.75 Å². The maximum absolute atomic E-state index is 5.81. The third-order valence-electron chi connectivity index (χ3n) is 2.42. The largest absolute Gasteiger partial charge is 0.491 e. The topological polar surface area (TPSA) is 22.1 Å². The molecule has 0 aliphatic heterocycles. The van der Waals surface area contributed by atoms with Crippen molar-refractivity contribution in [3.63, 3.8) is 0 Å². The maximum atomic E-state index is 5.81. The summed E-state index contributed by atoms with van der Waals surface area (Å²) < 4.78 is 5.69. The summed E-state index contributed by atoms with van der Waals surface area (Å²) in [5.74, 6) is 1.78. The van der Waals surface area contributed by atoms with Crippen LogP contribution >= 0.6 is 11.6 Å². The Morgan fingerprint density at radius 1 is 1.47 bits per heavy atom. The van der Waals surface area contributed by atoms with E-state index >= 15 is 0 Å². The molecule has 15 heavy (non-hydrogen) atoms. The number of aromatic nitrogens is 1. The average molecular weight is 228 g/mol. The number of halogens is 1. The Morgan fingerprint density at radius 3 is 2.80 bits per heavy atom. The van der Waals surface area contributed by atoms with Crippen molar-refractivity contribution in [3.05, 3.63) is 23.5 Å². The van der Waals surface area contributed by atoms with Gasteiger partial charge in [-0.05, 0) is 25.0 Å². The lowest BCUT2D eigenvalue weighted by molar-refractivity contribution is 0.254. The molecule has 1 rings (SSSR count). The molecule has 0 aromatic carbocycles. The Bertz CT molecular complexity index is 314. The molecule has 0 bridgehead atoms. The highest BCUT2D eigenvalue weighted by molar-refractivity contribution is 6.17. The lowest BCUT2D eigenvalue weighted by atomic mass is 10.1. The van der Waals surface area contributed by atoms with E-state index in [1.165, 1.54) is 0 Å². The fourth-order valence-corrected chi connectivity index (χ4v) is 1.37. The van der Waals surface area contributed by atoms with Gasteiger partial charge in [0.1, 0.15) is 5.75 Å². The first-order valence-corrected chi connectivity index (χ1v) is 5.86. The van der Waals surface area contributed by atoms with Crippen LogP contribution in [-0.4, -0.2) is 11.6 Å². The number of hydrogen-bond donors (Lipinski definition) is 0. The number of hydrogen-bond acceptors (Lipinski definition) is 2.